The van der Waals surface area contributed by atoms with Crippen molar-refractivity contribution in [3.63, 3.8) is 0 Å². The summed E-state index contributed by atoms with van der Waals surface area (Å²) in [5.74, 6) is -0.475. The first-order chi connectivity index (χ1) is 9.22. The molecule has 0 saturated heterocycles. The Kier molecular flexibility index (Phi) is 4.07. The molecule has 0 aliphatic rings. The number of esters is 1. The van der Waals surface area contributed by atoms with E-state index in [4.69, 9.17) is 4.74 Å². The Morgan fingerprint density at radius 1 is 1.42 bits per heavy atom. The first-order valence-corrected chi connectivity index (χ1v) is 5.94. The van der Waals surface area contributed by atoms with E-state index >= 15 is 0 Å². The van der Waals surface area contributed by atoms with Crippen LogP contribution in [0.2, 0.25) is 0 Å². The molecule has 0 amide bonds. The van der Waals surface area contributed by atoms with Crippen LogP contribution in [-0.4, -0.2) is 27.6 Å². The molecule has 19 heavy (non-hydrogen) atoms. The van der Waals surface area contributed by atoms with Crippen LogP contribution in [0, 0.1) is 6.92 Å². The van der Waals surface area contributed by atoms with Crippen molar-refractivity contribution < 1.29 is 9.53 Å². The largest absolute Gasteiger partial charge is 0.457 e. The summed E-state index contributed by atoms with van der Waals surface area (Å²) in [6.45, 7) is 6.04. The summed E-state index contributed by atoms with van der Waals surface area (Å²) < 4.78 is 6.63. The van der Waals surface area contributed by atoms with Gasteiger partial charge in [-0.25, -0.2) is 9.48 Å². The molecule has 0 unspecified atom stereocenters. The maximum Gasteiger partial charge on any atom is 0.361 e. The molecule has 0 atom stereocenters. The van der Waals surface area contributed by atoms with Crippen molar-refractivity contribution in [1.82, 2.24) is 15.0 Å². The van der Waals surface area contributed by atoms with E-state index in [1.54, 1.807) is 11.6 Å². The van der Waals surface area contributed by atoms with E-state index in [0.29, 0.717) is 12.2 Å². The summed E-state index contributed by atoms with van der Waals surface area (Å²) in [4.78, 5) is 11.7. The summed E-state index contributed by atoms with van der Waals surface area (Å²) in [7, 11) is 0. The van der Waals surface area contributed by atoms with Crippen LogP contribution >= 0.6 is 0 Å². The summed E-state index contributed by atoms with van der Waals surface area (Å²) in [5.41, 5.74) is 2.04. The minimum atomic E-state index is -0.475. The van der Waals surface area contributed by atoms with E-state index in [0.717, 1.165) is 5.56 Å². The van der Waals surface area contributed by atoms with Gasteiger partial charge in [-0.3, -0.25) is 0 Å². The van der Waals surface area contributed by atoms with Gasteiger partial charge >= 0.3 is 5.97 Å². The molecular weight excluding hydrogens is 242 g/mol. The molecular formula is C14H15N3O2. The molecule has 0 radical (unpaired) electrons. The van der Waals surface area contributed by atoms with Gasteiger partial charge in [-0.05, 0) is 12.5 Å². The molecule has 0 fully saturated rings. The standard InChI is InChI=1S/C14H15N3O2/c1-3-9-19-14(18)13-11(2)17(16-15-13)10-12-7-5-4-6-8-12/h3-8H,1,9-10H2,2H3. The van der Waals surface area contributed by atoms with E-state index < -0.39 is 5.97 Å². The van der Waals surface area contributed by atoms with Crippen molar-refractivity contribution in [1.29, 1.82) is 0 Å². The summed E-state index contributed by atoms with van der Waals surface area (Å²) >= 11 is 0. The smallest absolute Gasteiger partial charge is 0.361 e. The second kappa shape index (κ2) is 5.95. The summed E-state index contributed by atoms with van der Waals surface area (Å²) in [5, 5.41) is 7.85. The molecule has 0 saturated carbocycles. The van der Waals surface area contributed by atoms with E-state index in [9.17, 15) is 4.79 Å². The Morgan fingerprint density at radius 3 is 2.84 bits per heavy atom. The number of ether oxygens (including phenoxy) is 1. The van der Waals surface area contributed by atoms with Gasteiger partial charge in [-0.15, -0.1) is 5.10 Å². The molecule has 2 aromatic rings. The average molecular weight is 257 g/mol. The third-order valence-electron chi connectivity index (χ3n) is 2.68. The number of carbonyl (C=O) groups is 1. The first kappa shape index (κ1) is 13.0. The van der Waals surface area contributed by atoms with Crippen LogP contribution in [0.3, 0.4) is 0 Å². The van der Waals surface area contributed by atoms with E-state index in [1.807, 2.05) is 30.3 Å². The molecule has 0 N–H and O–H groups in total. The number of carbonyl (C=O) groups excluding carboxylic acids is 1. The molecule has 5 heteroatoms. The minimum absolute atomic E-state index is 0.170. The van der Waals surface area contributed by atoms with Crippen molar-refractivity contribution in [2.24, 2.45) is 0 Å². The zero-order valence-corrected chi connectivity index (χ0v) is 10.7. The summed E-state index contributed by atoms with van der Waals surface area (Å²) in [6, 6.07) is 9.87. The van der Waals surface area contributed by atoms with Crippen LogP contribution < -0.4 is 0 Å². The molecule has 1 aromatic carbocycles. The lowest BCUT2D eigenvalue weighted by atomic mass is 10.2. The van der Waals surface area contributed by atoms with Gasteiger partial charge in [-0.2, -0.15) is 0 Å². The number of hydrogen-bond donors (Lipinski definition) is 0. The Hall–Kier alpha value is -2.43. The summed E-state index contributed by atoms with van der Waals surface area (Å²) in [6.07, 6.45) is 1.52. The fourth-order valence-corrected chi connectivity index (χ4v) is 1.66. The van der Waals surface area contributed by atoms with Crippen LogP contribution in [0.5, 0.6) is 0 Å². The van der Waals surface area contributed by atoms with Crippen molar-refractivity contribution in [3.8, 4) is 0 Å². The number of aromatic nitrogens is 3. The SMILES string of the molecule is C=CCOC(=O)c1nnn(Cc2ccccc2)c1C. The monoisotopic (exact) mass is 257 g/mol. The van der Waals surface area contributed by atoms with Crippen molar-refractivity contribution >= 4 is 5.97 Å². The molecule has 98 valence electrons. The maximum absolute atomic E-state index is 11.7. The van der Waals surface area contributed by atoms with E-state index in [-0.39, 0.29) is 12.3 Å². The molecule has 0 aliphatic heterocycles. The molecule has 0 spiro atoms. The highest BCUT2D eigenvalue weighted by Gasteiger charge is 2.17. The first-order valence-electron chi connectivity index (χ1n) is 5.94. The maximum atomic E-state index is 11.7. The number of benzene rings is 1. The molecule has 1 heterocycles. The molecule has 0 aliphatic carbocycles. The Bertz CT molecular complexity index is 576. The zero-order chi connectivity index (χ0) is 13.7. The fourth-order valence-electron chi connectivity index (χ4n) is 1.66. The Labute approximate surface area is 111 Å². The number of hydrogen-bond acceptors (Lipinski definition) is 4. The van der Waals surface area contributed by atoms with Gasteiger partial charge in [0, 0.05) is 0 Å². The van der Waals surface area contributed by atoms with Crippen LogP contribution in [0.15, 0.2) is 43.0 Å². The van der Waals surface area contributed by atoms with Crippen molar-refractivity contribution in [3.05, 3.63) is 59.9 Å². The van der Waals surface area contributed by atoms with Crippen molar-refractivity contribution in [2.45, 2.75) is 13.5 Å². The molecule has 1 aromatic heterocycles. The van der Waals surface area contributed by atoms with Crippen LogP contribution in [-0.2, 0) is 11.3 Å². The van der Waals surface area contributed by atoms with Gasteiger partial charge in [0.05, 0.1) is 12.2 Å². The van der Waals surface area contributed by atoms with Crippen LogP contribution in [0.25, 0.3) is 0 Å². The lowest BCUT2D eigenvalue weighted by Crippen LogP contribution is -2.09. The average Bonchev–Trinajstić information content (AvgIpc) is 2.79. The minimum Gasteiger partial charge on any atom is -0.457 e. The van der Waals surface area contributed by atoms with Gasteiger partial charge in [0.2, 0.25) is 0 Å². The number of nitrogens with zero attached hydrogens (tertiary/aromatic N) is 3. The van der Waals surface area contributed by atoms with Crippen LogP contribution in [0.1, 0.15) is 21.7 Å². The van der Waals surface area contributed by atoms with Crippen molar-refractivity contribution in [2.75, 3.05) is 6.61 Å². The molecule has 2 rings (SSSR count). The third kappa shape index (κ3) is 3.07. The fraction of sp³-hybridized carbons (Fsp3) is 0.214. The van der Waals surface area contributed by atoms with Gasteiger partial charge < -0.3 is 4.74 Å². The number of rotatable bonds is 5. The van der Waals surface area contributed by atoms with Gasteiger partial charge in [0.15, 0.2) is 5.69 Å². The molecule has 0 bridgehead atoms. The van der Waals surface area contributed by atoms with Crippen LogP contribution in [0.4, 0.5) is 0 Å². The quantitative estimate of drug-likeness (QED) is 0.607. The second-order valence-electron chi connectivity index (χ2n) is 4.05. The van der Waals surface area contributed by atoms with E-state index in [2.05, 4.69) is 16.9 Å². The van der Waals surface area contributed by atoms with E-state index in [1.165, 1.54) is 6.08 Å². The lowest BCUT2D eigenvalue weighted by Gasteiger charge is -2.03. The highest BCUT2D eigenvalue weighted by atomic mass is 16.5. The zero-order valence-electron chi connectivity index (χ0n) is 10.7. The van der Waals surface area contributed by atoms with Gasteiger partial charge in [0.1, 0.15) is 6.61 Å². The normalized spacial score (nSPS) is 10.2. The topological polar surface area (TPSA) is 57.0 Å². The second-order valence-corrected chi connectivity index (χ2v) is 4.05. The highest BCUT2D eigenvalue weighted by molar-refractivity contribution is 5.88. The predicted molar refractivity (Wildman–Crippen MR) is 70.8 cm³/mol. The Morgan fingerprint density at radius 2 is 2.16 bits per heavy atom. The predicted octanol–water partition coefficient (Wildman–Crippen LogP) is 1.98. The van der Waals surface area contributed by atoms with Gasteiger partial charge in [-0.1, -0.05) is 48.2 Å². The lowest BCUT2D eigenvalue weighted by molar-refractivity contribution is 0.0542. The third-order valence-corrected chi connectivity index (χ3v) is 2.68. The highest BCUT2D eigenvalue weighted by Crippen LogP contribution is 2.09. The Balaban J connectivity index is 2.14. The van der Waals surface area contributed by atoms with Gasteiger partial charge in [0.25, 0.3) is 0 Å². The molecule has 5 nitrogen and oxygen atoms in total.